The van der Waals surface area contributed by atoms with Gasteiger partial charge in [0.15, 0.2) is 6.10 Å². The maximum atomic E-state index is 13.1. The van der Waals surface area contributed by atoms with Crippen LogP contribution in [0.25, 0.3) is 0 Å². The van der Waals surface area contributed by atoms with E-state index in [1.54, 1.807) is 25.7 Å². The van der Waals surface area contributed by atoms with Gasteiger partial charge in [0.25, 0.3) is 5.91 Å². The molecule has 2 heterocycles. The summed E-state index contributed by atoms with van der Waals surface area (Å²) in [4.78, 5) is 54.9. The highest BCUT2D eigenvalue weighted by Crippen LogP contribution is 2.24. The molecule has 1 aromatic carbocycles. The Bertz CT molecular complexity index is 1080. The molecule has 0 saturated carbocycles. The van der Waals surface area contributed by atoms with Crippen molar-refractivity contribution in [3.8, 4) is 0 Å². The van der Waals surface area contributed by atoms with Gasteiger partial charge in [-0.15, -0.1) is 0 Å². The zero-order valence-electron chi connectivity index (χ0n) is 19.8. The number of H-pyrrole nitrogens is 1. The standard InChI is InChI=1S/C25H29FN2O6/c1-5-33-25(32)20-14(2)21(27-15(20)3)22(29)16(4)34-24(31)18-10-12-28(13-11-18)23(30)17-6-8-19(26)9-7-17/h6-9,16,18,27H,5,10-13H2,1-4H3/t16-/m0/s1. The van der Waals surface area contributed by atoms with Gasteiger partial charge in [0.2, 0.25) is 5.78 Å². The van der Waals surface area contributed by atoms with E-state index < -0.39 is 35.6 Å². The van der Waals surface area contributed by atoms with E-state index in [0.29, 0.717) is 48.3 Å². The summed E-state index contributed by atoms with van der Waals surface area (Å²) in [7, 11) is 0. The highest BCUT2D eigenvalue weighted by atomic mass is 19.1. The highest BCUT2D eigenvalue weighted by molar-refractivity contribution is 6.04. The number of ketones is 1. The summed E-state index contributed by atoms with van der Waals surface area (Å²) in [5.41, 5.74) is 1.87. The number of rotatable bonds is 7. The normalized spacial score (nSPS) is 15.0. The number of aromatic nitrogens is 1. The minimum atomic E-state index is -1.04. The first-order valence-electron chi connectivity index (χ1n) is 11.3. The molecule has 34 heavy (non-hydrogen) atoms. The molecule has 182 valence electrons. The van der Waals surface area contributed by atoms with E-state index in [0.717, 1.165) is 0 Å². The van der Waals surface area contributed by atoms with Crippen LogP contribution in [0.3, 0.4) is 0 Å². The number of hydrogen-bond donors (Lipinski definition) is 1. The molecule has 1 aromatic heterocycles. The molecule has 0 bridgehead atoms. The number of aromatic amines is 1. The topological polar surface area (TPSA) is 106 Å². The van der Waals surface area contributed by atoms with E-state index in [4.69, 9.17) is 9.47 Å². The second-order valence-corrected chi connectivity index (χ2v) is 8.36. The Morgan fingerprint density at radius 1 is 1.12 bits per heavy atom. The fraction of sp³-hybridized carbons (Fsp3) is 0.440. The Hall–Kier alpha value is -3.49. The maximum Gasteiger partial charge on any atom is 0.340 e. The summed E-state index contributed by atoms with van der Waals surface area (Å²) >= 11 is 0. The Balaban J connectivity index is 1.57. The van der Waals surface area contributed by atoms with Crippen LogP contribution in [-0.4, -0.2) is 59.3 Å². The van der Waals surface area contributed by atoms with Gasteiger partial charge in [0.1, 0.15) is 5.82 Å². The number of ether oxygens (including phenoxy) is 2. The Kier molecular flexibility index (Phi) is 7.86. The third-order valence-corrected chi connectivity index (χ3v) is 6.03. The van der Waals surface area contributed by atoms with Crippen molar-refractivity contribution in [3.05, 3.63) is 58.2 Å². The third-order valence-electron chi connectivity index (χ3n) is 6.03. The molecule has 8 nitrogen and oxygen atoms in total. The summed E-state index contributed by atoms with van der Waals surface area (Å²) in [5, 5.41) is 0. The monoisotopic (exact) mass is 472 g/mol. The number of benzene rings is 1. The van der Waals surface area contributed by atoms with Crippen LogP contribution in [0.15, 0.2) is 24.3 Å². The highest BCUT2D eigenvalue weighted by Gasteiger charge is 2.32. The van der Waals surface area contributed by atoms with E-state index in [1.807, 2.05) is 0 Å². The van der Waals surface area contributed by atoms with Gasteiger partial charge >= 0.3 is 11.9 Å². The van der Waals surface area contributed by atoms with Gasteiger partial charge in [0.05, 0.1) is 23.8 Å². The number of hydrogen-bond acceptors (Lipinski definition) is 6. The van der Waals surface area contributed by atoms with Crippen molar-refractivity contribution in [1.29, 1.82) is 0 Å². The molecular formula is C25H29FN2O6. The quantitative estimate of drug-likeness (QED) is 0.487. The molecule has 0 aliphatic carbocycles. The lowest BCUT2D eigenvalue weighted by Crippen LogP contribution is -2.41. The van der Waals surface area contributed by atoms with Crippen molar-refractivity contribution in [2.45, 2.75) is 46.6 Å². The number of esters is 2. The van der Waals surface area contributed by atoms with Crippen LogP contribution in [0.4, 0.5) is 4.39 Å². The average molecular weight is 473 g/mol. The minimum Gasteiger partial charge on any atom is -0.462 e. The number of Topliss-reactive ketones (excluding diaryl/α,β-unsaturated/α-hetero) is 1. The lowest BCUT2D eigenvalue weighted by atomic mass is 9.96. The minimum absolute atomic E-state index is 0.209. The van der Waals surface area contributed by atoms with Crippen LogP contribution in [-0.2, 0) is 14.3 Å². The third kappa shape index (κ3) is 5.35. The van der Waals surface area contributed by atoms with Crippen molar-refractivity contribution in [3.63, 3.8) is 0 Å². The van der Waals surface area contributed by atoms with Gasteiger partial charge in [-0.25, -0.2) is 9.18 Å². The number of amides is 1. The molecule has 3 rings (SSSR count). The van der Waals surface area contributed by atoms with Gasteiger partial charge in [-0.05, 0) is 70.4 Å². The summed E-state index contributed by atoms with van der Waals surface area (Å²) in [6, 6.07) is 5.34. The second kappa shape index (κ2) is 10.6. The SMILES string of the molecule is CCOC(=O)c1c(C)[nH]c(C(=O)[C@H](C)OC(=O)C2CCN(C(=O)c3ccc(F)cc3)CC2)c1C. The van der Waals surface area contributed by atoms with E-state index in [1.165, 1.54) is 31.2 Å². The number of halogens is 1. The van der Waals surface area contributed by atoms with Gasteiger partial charge in [0, 0.05) is 24.3 Å². The Morgan fingerprint density at radius 2 is 1.74 bits per heavy atom. The fourth-order valence-corrected chi connectivity index (χ4v) is 4.13. The lowest BCUT2D eigenvalue weighted by Gasteiger charge is -2.31. The zero-order valence-corrected chi connectivity index (χ0v) is 19.8. The molecule has 9 heteroatoms. The summed E-state index contributed by atoms with van der Waals surface area (Å²) < 4.78 is 23.6. The summed E-state index contributed by atoms with van der Waals surface area (Å²) in [6.45, 7) is 7.44. The first-order chi connectivity index (χ1) is 16.1. The van der Waals surface area contributed by atoms with Crippen LogP contribution in [0.5, 0.6) is 0 Å². The molecule has 2 aromatic rings. The number of piperidine rings is 1. The van der Waals surface area contributed by atoms with Crippen molar-refractivity contribution < 1.29 is 33.0 Å². The van der Waals surface area contributed by atoms with Crippen LogP contribution in [0.1, 0.15) is 69.2 Å². The number of nitrogens with one attached hydrogen (secondary N) is 1. The van der Waals surface area contributed by atoms with E-state index in [9.17, 15) is 23.6 Å². The first-order valence-corrected chi connectivity index (χ1v) is 11.3. The summed E-state index contributed by atoms with van der Waals surface area (Å²) in [5.74, 6) is -2.52. The van der Waals surface area contributed by atoms with Crippen LogP contribution < -0.4 is 0 Å². The molecule has 1 amide bonds. The number of likely N-dealkylation sites (tertiary alicyclic amines) is 1. The zero-order chi connectivity index (χ0) is 25.0. The molecular weight excluding hydrogens is 443 g/mol. The molecule has 1 aliphatic heterocycles. The molecule has 0 unspecified atom stereocenters. The molecule has 0 radical (unpaired) electrons. The van der Waals surface area contributed by atoms with Crippen molar-refractivity contribution in [2.75, 3.05) is 19.7 Å². The van der Waals surface area contributed by atoms with Crippen LogP contribution >= 0.6 is 0 Å². The first kappa shape index (κ1) is 25.1. The number of carbonyl (C=O) groups is 4. The predicted molar refractivity (Wildman–Crippen MR) is 121 cm³/mol. The molecule has 1 aliphatic rings. The van der Waals surface area contributed by atoms with Gasteiger partial charge in [-0.2, -0.15) is 0 Å². The van der Waals surface area contributed by atoms with Gasteiger partial charge < -0.3 is 19.4 Å². The molecule has 1 N–H and O–H groups in total. The fourth-order valence-electron chi connectivity index (χ4n) is 4.13. The molecule has 0 spiro atoms. The molecule has 1 saturated heterocycles. The van der Waals surface area contributed by atoms with Crippen LogP contribution in [0, 0.1) is 25.6 Å². The molecule has 1 atom stereocenters. The number of aryl methyl sites for hydroxylation is 1. The van der Waals surface area contributed by atoms with E-state index >= 15 is 0 Å². The second-order valence-electron chi connectivity index (χ2n) is 8.36. The Labute approximate surface area is 197 Å². The largest absolute Gasteiger partial charge is 0.462 e. The van der Waals surface area contributed by atoms with E-state index in [-0.39, 0.29) is 18.2 Å². The lowest BCUT2D eigenvalue weighted by molar-refractivity contribution is -0.152. The maximum absolute atomic E-state index is 13.1. The van der Waals surface area contributed by atoms with E-state index in [2.05, 4.69) is 4.98 Å². The van der Waals surface area contributed by atoms with Gasteiger partial charge in [-0.3, -0.25) is 14.4 Å². The summed E-state index contributed by atoms with van der Waals surface area (Å²) in [6.07, 6.45) is -0.237. The smallest absolute Gasteiger partial charge is 0.340 e. The number of nitrogens with zero attached hydrogens (tertiary/aromatic N) is 1. The van der Waals surface area contributed by atoms with Gasteiger partial charge in [-0.1, -0.05) is 0 Å². The van der Waals surface area contributed by atoms with Crippen molar-refractivity contribution in [2.24, 2.45) is 5.92 Å². The number of carbonyl (C=O) groups excluding carboxylic acids is 4. The van der Waals surface area contributed by atoms with Crippen molar-refractivity contribution >= 4 is 23.6 Å². The molecule has 1 fully saturated rings. The predicted octanol–water partition coefficient (Wildman–Crippen LogP) is 3.61. The Morgan fingerprint density at radius 3 is 2.32 bits per heavy atom. The van der Waals surface area contributed by atoms with Crippen molar-refractivity contribution in [1.82, 2.24) is 9.88 Å². The van der Waals surface area contributed by atoms with Crippen LogP contribution in [0.2, 0.25) is 0 Å². The average Bonchev–Trinajstić information content (AvgIpc) is 3.12.